The average Bonchev–Trinajstić information content (AvgIpc) is 2.99. The Morgan fingerprint density at radius 1 is 1.27 bits per heavy atom. The molecule has 6 nitrogen and oxygen atoms in total. The van der Waals surface area contributed by atoms with Crippen LogP contribution in [0, 0.1) is 0 Å². The molecule has 114 valence electrons. The Kier molecular flexibility index (Phi) is 3.42. The van der Waals surface area contributed by atoms with E-state index in [1.54, 1.807) is 18.2 Å². The maximum Gasteiger partial charge on any atom is 0.275 e. The zero-order chi connectivity index (χ0) is 14.9. The van der Waals surface area contributed by atoms with Gasteiger partial charge in [0.15, 0.2) is 11.5 Å². The van der Waals surface area contributed by atoms with Gasteiger partial charge in [-0.1, -0.05) is 0 Å². The van der Waals surface area contributed by atoms with Crippen LogP contribution in [0.4, 0.5) is 5.69 Å². The third-order valence-electron chi connectivity index (χ3n) is 3.60. The number of nitrogens with zero attached hydrogens (tertiary/aromatic N) is 2. The molecule has 7 heteroatoms. The van der Waals surface area contributed by atoms with Crippen LogP contribution in [0.25, 0.3) is 0 Å². The molecule has 0 atom stereocenters. The summed E-state index contributed by atoms with van der Waals surface area (Å²) >= 11 is 1.84. The Morgan fingerprint density at radius 3 is 3.00 bits per heavy atom. The molecule has 1 aromatic carbocycles. The predicted octanol–water partition coefficient (Wildman–Crippen LogP) is 2.15. The zero-order valence-corrected chi connectivity index (χ0v) is 12.7. The fourth-order valence-electron chi connectivity index (χ4n) is 2.52. The number of aryl methyl sites for hydroxylation is 1. The number of amides is 1. The van der Waals surface area contributed by atoms with Gasteiger partial charge in [-0.15, -0.1) is 0 Å². The number of rotatable bonds is 2. The molecule has 0 radical (unpaired) electrons. The number of nitrogens with one attached hydrogen (secondary N) is 1. The first-order valence-corrected chi connectivity index (χ1v) is 8.30. The molecule has 0 fully saturated rings. The van der Waals surface area contributed by atoms with E-state index >= 15 is 0 Å². The summed E-state index contributed by atoms with van der Waals surface area (Å²) in [5, 5.41) is 2.86. The van der Waals surface area contributed by atoms with Gasteiger partial charge < -0.3 is 19.4 Å². The minimum Gasteiger partial charge on any atom is -0.486 e. The molecule has 0 saturated heterocycles. The van der Waals surface area contributed by atoms with Crippen LogP contribution < -0.4 is 14.8 Å². The van der Waals surface area contributed by atoms with Crippen LogP contribution in [-0.4, -0.2) is 34.4 Å². The number of carbonyl (C=O) groups excluding carboxylic acids is 1. The molecule has 1 aromatic heterocycles. The summed E-state index contributed by atoms with van der Waals surface area (Å²) in [7, 11) is 0. The summed E-state index contributed by atoms with van der Waals surface area (Å²) in [6.45, 7) is 1.98. The predicted molar refractivity (Wildman–Crippen MR) is 83.8 cm³/mol. The molecule has 0 bridgehead atoms. The standard InChI is InChI=1S/C15H15N3O3S/c19-15(11-8-18-3-6-22-9-14(18)17-11)16-10-1-2-12-13(7-10)21-5-4-20-12/h1-2,7-8H,3-6,9H2,(H,16,19). The average molecular weight is 317 g/mol. The molecular formula is C15H15N3O3S. The highest BCUT2D eigenvalue weighted by Gasteiger charge is 2.18. The minimum atomic E-state index is -0.205. The summed E-state index contributed by atoms with van der Waals surface area (Å²) in [5.74, 6) is 4.04. The van der Waals surface area contributed by atoms with Crippen LogP contribution in [0.1, 0.15) is 16.3 Å². The lowest BCUT2D eigenvalue weighted by atomic mass is 10.2. The third kappa shape index (κ3) is 2.52. The summed E-state index contributed by atoms with van der Waals surface area (Å²) in [6.07, 6.45) is 1.82. The van der Waals surface area contributed by atoms with Crippen molar-refractivity contribution in [1.29, 1.82) is 0 Å². The van der Waals surface area contributed by atoms with E-state index in [9.17, 15) is 4.79 Å². The van der Waals surface area contributed by atoms with Crippen LogP contribution in [-0.2, 0) is 12.3 Å². The molecule has 0 aliphatic carbocycles. The Labute approximate surface area is 131 Å². The highest BCUT2D eigenvalue weighted by atomic mass is 32.2. The maximum absolute atomic E-state index is 12.3. The van der Waals surface area contributed by atoms with Gasteiger partial charge in [0.25, 0.3) is 5.91 Å². The van der Waals surface area contributed by atoms with E-state index in [0.717, 1.165) is 23.9 Å². The Hall–Kier alpha value is -2.15. The van der Waals surface area contributed by atoms with Gasteiger partial charge in [0.05, 0.1) is 5.75 Å². The van der Waals surface area contributed by atoms with Crippen molar-refractivity contribution < 1.29 is 14.3 Å². The summed E-state index contributed by atoms with van der Waals surface area (Å²) in [5.41, 5.74) is 1.13. The van der Waals surface area contributed by atoms with Crippen molar-refractivity contribution in [2.24, 2.45) is 0 Å². The SMILES string of the molecule is O=C(Nc1ccc2c(c1)OCCO2)c1cn2c(n1)CSCC2. The Morgan fingerprint density at radius 2 is 2.14 bits per heavy atom. The molecule has 0 saturated carbocycles. The lowest BCUT2D eigenvalue weighted by Gasteiger charge is -2.18. The van der Waals surface area contributed by atoms with E-state index in [0.29, 0.717) is 36.1 Å². The van der Waals surface area contributed by atoms with Crippen LogP contribution in [0.15, 0.2) is 24.4 Å². The van der Waals surface area contributed by atoms with Crippen LogP contribution in [0.2, 0.25) is 0 Å². The second-order valence-corrected chi connectivity index (χ2v) is 6.21. The lowest BCUT2D eigenvalue weighted by Crippen LogP contribution is -2.16. The summed E-state index contributed by atoms with van der Waals surface area (Å²) in [4.78, 5) is 16.7. The highest BCUT2D eigenvalue weighted by molar-refractivity contribution is 7.98. The van der Waals surface area contributed by atoms with Crippen molar-refractivity contribution in [3.8, 4) is 11.5 Å². The van der Waals surface area contributed by atoms with Crippen LogP contribution >= 0.6 is 11.8 Å². The van der Waals surface area contributed by atoms with E-state index in [2.05, 4.69) is 14.9 Å². The van der Waals surface area contributed by atoms with Gasteiger partial charge in [-0.25, -0.2) is 4.98 Å². The normalized spacial score (nSPS) is 16.0. The number of aromatic nitrogens is 2. The second kappa shape index (κ2) is 5.57. The number of anilines is 1. The Balaban J connectivity index is 1.53. The largest absolute Gasteiger partial charge is 0.486 e. The number of hydrogen-bond acceptors (Lipinski definition) is 5. The monoisotopic (exact) mass is 317 g/mol. The number of benzene rings is 1. The maximum atomic E-state index is 12.3. The van der Waals surface area contributed by atoms with Gasteiger partial charge in [-0.05, 0) is 12.1 Å². The number of ether oxygens (including phenoxy) is 2. The van der Waals surface area contributed by atoms with E-state index in [1.807, 2.05) is 18.0 Å². The molecular weight excluding hydrogens is 302 g/mol. The molecule has 2 aromatic rings. The molecule has 4 rings (SSSR count). The van der Waals surface area contributed by atoms with E-state index < -0.39 is 0 Å². The number of thioether (sulfide) groups is 1. The molecule has 22 heavy (non-hydrogen) atoms. The Bertz CT molecular complexity index is 705. The van der Waals surface area contributed by atoms with Gasteiger partial charge in [0.1, 0.15) is 24.7 Å². The molecule has 1 amide bonds. The van der Waals surface area contributed by atoms with E-state index in [1.165, 1.54) is 0 Å². The highest BCUT2D eigenvalue weighted by Crippen LogP contribution is 2.32. The number of carbonyl (C=O) groups is 1. The van der Waals surface area contributed by atoms with Gasteiger partial charge in [0, 0.05) is 30.2 Å². The number of hydrogen-bond donors (Lipinski definition) is 1. The topological polar surface area (TPSA) is 65.4 Å². The first-order valence-electron chi connectivity index (χ1n) is 7.14. The zero-order valence-electron chi connectivity index (χ0n) is 11.9. The smallest absolute Gasteiger partial charge is 0.275 e. The first-order chi connectivity index (χ1) is 10.8. The minimum absolute atomic E-state index is 0.205. The second-order valence-electron chi connectivity index (χ2n) is 5.10. The first kappa shape index (κ1) is 13.5. The molecule has 2 aliphatic rings. The number of imidazole rings is 1. The van der Waals surface area contributed by atoms with Crippen molar-refractivity contribution in [2.75, 3.05) is 24.3 Å². The molecule has 1 N–H and O–H groups in total. The van der Waals surface area contributed by atoms with Crippen molar-refractivity contribution in [2.45, 2.75) is 12.3 Å². The van der Waals surface area contributed by atoms with Crippen molar-refractivity contribution in [3.63, 3.8) is 0 Å². The molecule has 3 heterocycles. The van der Waals surface area contributed by atoms with Crippen molar-refractivity contribution >= 4 is 23.4 Å². The fourth-order valence-corrected chi connectivity index (χ4v) is 3.40. The molecule has 2 aliphatic heterocycles. The van der Waals surface area contributed by atoms with E-state index in [4.69, 9.17) is 9.47 Å². The number of fused-ring (bicyclic) bond motifs is 2. The quantitative estimate of drug-likeness (QED) is 0.919. The fraction of sp³-hybridized carbons (Fsp3) is 0.333. The summed E-state index contributed by atoms with van der Waals surface area (Å²) in [6, 6.07) is 5.38. The van der Waals surface area contributed by atoms with Crippen LogP contribution in [0.5, 0.6) is 11.5 Å². The van der Waals surface area contributed by atoms with Gasteiger partial charge in [0.2, 0.25) is 0 Å². The van der Waals surface area contributed by atoms with Crippen molar-refractivity contribution in [3.05, 3.63) is 35.9 Å². The van der Waals surface area contributed by atoms with Crippen molar-refractivity contribution in [1.82, 2.24) is 9.55 Å². The van der Waals surface area contributed by atoms with Gasteiger partial charge in [-0.2, -0.15) is 11.8 Å². The third-order valence-corrected chi connectivity index (χ3v) is 4.53. The molecule has 0 spiro atoms. The summed E-state index contributed by atoms with van der Waals surface area (Å²) < 4.78 is 13.0. The van der Waals surface area contributed by atoms with Gasteiger partial charge in [-0.3, -0.25) is 4.79 Å². The van der Waals surface area contributed by atoms with Crippen LogP contribution in [0.3, 0.4) is 0 Å². The van der Waals surface area contributed by atoms with Gasteiger partial charge >= 0.3 is 0 Å². The van der Waals surface area contributed by atoms with E-state index in [-0.39, 0.29) is 5.91 Å². The lowest BCUT2D eigenvalue weighted by molar-refractivity contribution is 0.102. The molecule has 0 unspecified atom stereocenters.